The van der Waals surface area contributed by atoms with Crippen LogP contribution < -0.4 is 0 Å². The minimum atomic E-state index is 0.119. The summed E-state index contributed by atoms with van der Waals surface area (Å²) in [5.41, 5.74) is 2.42. The molecule has 3 unspecified atom stereocenters. The van der Waals surface area contributed by atoms with Gasteiger partial charge in [0.2, 0.25) is 0 Å². The van der Waals surface area contributed by atoms with E-state index in [2.05, 4.69) is 44.5 Å². The van der Waals surface area contributed by atoms with Crippen LogP contribution in [0.1, 0.15) is 75.5 Å². The molecule has 1 heterocycles. The molecule has 1 fully saturated rings. The van der Waals surface area contributed by atoms with Crippen molar-refractivity contribution in [3.8, 4) is 0 Å². The maximum Gasteiger partial charge on any atom is 0.165 e. The van der Waals surface area contributed by atoms with Gasteiger partial charge in [0.25, 0.3) is 0 Å². The molecule has 1 aromatic rings. The molecular formula is C18H27NO. The summed E-state index contributed by atoms with van der Waals surface area (Å²) in [6.07, 6.45) is 7.76. The molecule has 1 saturated carbocycles. The minimum absolute atomic E-state index is 0.119. The van der Waals surface area contributed by atoms with Crippen LogP contribution in [-0.4, -0.2) is 10.4 Å². The van der Waals surface area contributed by atoms with E-state index in [0.717, 1.165) is 23.8 Å². The Morgan fingerprint density at radius 2 is 1.90 bits per heavy atom. The quantitative estimate of drug-likeness (QED) is 0.730. The highest BCUT2D eigenvalue weighted by Crippen LogP contribution is 2.41. The first-order valence-corrected chi connectivity index (χ1v) is 8.10. The highest BCUT2D eigenvalue weighted by atomic mass is 16.1. The Kier molecular flexibility index (Phi) is 3.30. The molecule has 0 aliphatic heterocycles. The third kappa shape index (κ3) is 2.34. The zero-order chi connectivity index (χ0) is 14.5. The van der Waals surface area contributed by atoms with Crippen LogP contribution in [0.2, 0.25) is 0 Å². The SMILES string of the molecule is CC1CCC(n2ccc3c2CC(C)(C)CC3=O)CC1C. The van der Waals surface area contributed by atoms with E-state index in [1.54, 1.807) is 0 Å². The van der Waals surface area contributed by atoms with Gasteiger partial charge in [-0.3, -0.25) is 4.79 Å². The number of ketones is 1. The van der Waals surface area contributed by atoms with Gasteiger partial charge >= 0.3 is 0 Å². The Balaban J connectivity index is 1.91. The number of rotatable bonds is 1. The lowest BCUT2D eigenvalue weighted by molar-refractivity contribution is 0.0907. The summed E-state index contributed by atoms with van der Waals surface area (Å²) < 4.78 is 2.44. The molecule has 2 heteroatoms. The van der Waals surface area contributed by atoms with Crippen molar-refractivity contribution in [1.82, 2.24) is 4.57 Å². The van der Waals surface area contributed by atoms with Crippen molar-refractivity contribution in [2.45, 2.75) is 65.8 Å². The van der Waals surface area contributed by atoms with Crippen molar-refractivity contribution >= 4 is 5.78 Å². The Morgan fingerprint density at radius 1 is 1.15 bits per heavy atom. The lowest BCUT2D eigenvalue weighted by atomic mass is 9.75. The molecule has 0 saturated heterocycles. The summed E-state index contributed by atoms with van der Waals surface area (Å²) in [7, 11) is 0. The summed E-state index contributed by atoms with van der Waals surface area (Å²) in [4.78, 5) is 12.3. The topological polar surface area (TPSA) is 22.0 Å². The van der Waals surface area contributed by atoms with Crippen LogP contribution >= 0.6 is 0 Å². The first-order valence-electron chi connectivity index (χ1n) is 8.10. The van der Waals surface area contributed by atoms with Crippen molar-refractivity contribution in [1.29, 1.82) is 0 Å². The van der Waals surface area contributed by atoms with Gasteiger partial charge < -0.3 is 4.57 Å². The zero-order valence-electron chi connectivity index (χ0n) is 13.3. The summed E-state index contributed by atoms with van der Waals surface area (Å²) in [5.74, 6) is 1.97. The molecule has 2 aliphatic rings. The number of aromatic nitrogens is 1. The van der Waals surface area contributed by atoms with E-state index >= 15 is 0 Å². The molecule has 2 aliphatic carbocycles. The summed E-state index contributed by atoms with van der Waals surface area (Å²) in [6.45, 7) is 9.19. The number of fused-ring (bicyclic) bond motifs is 1. The molecule has 0 amide bonds. The van der Waals surface area contributed by atoms with Crippen LogP contribution in [0.3, 0.4) is 0 Å². The second-order valence-electron chi connectivity index (χ2n) is 7.95. The number of hydrogen-bond donors (Lipinski definition) is 0. The van der Waals surface area contributed by atoms with E-state index in [4.69, 9.17) is 0 Å². The highest BCUT2D eigenvalue weighted by molar-refractivity contribution is 5.98. The Bertz CT molecular complexity index is 526. The number of carbonyl (C=O) groups is 1. The van der Waals surface area contributed by atoms with E-state index in [1.807, 2.05) is 0 Å². The fraction of sp³-hybridized carbons (Fsp3) is 0.722. The molecule has 0 radical (unpaired) electrons. The van der Waals surface area contributed by atoms with E-state index in [0.29, 0.717) is 18.2 Å². The fourth-order valence-corrected chi connectivity index (χ4v) is 4.08. The zero-order valence-corrected chi connectivity index (χ0v) is 13.3. The van der Waals surface area contributed by atoms with Crippen molar-refractivity contribution in [2.75, 3.05) is 0 Å². The van der Waals surface area contributed by atoms with Crippen LogP contribution in [0.5, 0.6) is 0 Å². The van der Waals surface area contributed by atoms with Crippen molar-refractivity contribution in [3.05, 3.63) is 23.5 Å². The van der Waals surface area contributed by atoms with E-state index in [9.17, 15) is 4.79 Å². The molecule has 3 atom stereocenters. The molecule has 0 bridgehead atoms. The van der Waals surface area contributed by atoms with Gasteiger partial charge in [0, 0.05) is 29.9 Å². The smallest absolute Gasteiger partial charge is 0.165 e. The molecule has 110 valence electrons. The first kappa shape index (κ1) is 13.9. The molecular weight excluding hydrogens is 246 g/mol. The van der Waals surface area contributed by atoms with Crippen LogP contribution in [0.15, 0.2) is 12.3 Å². The number of carbonyl (C=O) groups excluding carboxylic acids is 1. The molecule has 0 spiro atoms. The Morgan fingerprint density at radius 3 is 2.60 bits per heavy atom. The normalized spacial score (nSPS) is 33.0. The molecule has 0 aromatic carbocycles. The number of nitrogens with zero attached hydrogens (tertiary/aromatic N) is 1. The third-order valence-corrected chi connectivity index (χ3v) is 5.57. The maximum atomic E-state index is 12.3. The van der Waals surface area contributed by atoms with Crippen molar-refractivity contribution in [2.24, 2.45) is 17.3 Å². The van der Waals surface area contributed by atoms with Gasteiger partial charge in [0.15, 0.2) is 5.78 Å². The van der Waals surface area contributed by atoms with Crippen molar-refractivity contribution < 1.29 is 4.79 Å². The van der Waals surface area contributed by atoms with Gasteiger partial charge in [-0.25, -0.2) is 0 Å². The van der Waals surface area contributed by atoms with Crippen molar-refractivity contribution in [3.63, 3.8) is 0 Å². The van der Waals surface area contributed by atoms with Crippen LogP contribution in [0.25, 0.3) is 0 Å². The predicted molar refractivity (Wildman–Crippen MR) is 82.1 cm³/mol. The van der Waals surface area contributed by atoms with E-state index in [1.165, 1.54) is 25.0 Å². The monoisotopic (exact) mass is 273 g/mol. The lowest BCUT2D eigenvalue weighted by Crippen LogP contribution is -2.30. The van der Waals surface area contributed by atoms with Gasteiger partial charge in [-0.1, -0.05) is 27.7 Å². The minimum Gasteiger partial charge on any atom is -0.348 e. The predicted octanol–water partition coefficient (Wildman–Crippen LogP) is 4.64. The molecule has 0 N–H and O–H groups in total. The maximum absolute atomic E-state index is 12.3. The Labute approximate surface area is 122 Å². The van der Waals surface area contributed by atoms with Gasteiger partial charge in [-0.05, 0) is 49.0 Å². The Hall–Kier alpha value is -1.05. The second-order valence-corrected chi connectivity index (χ2v) is 7.95. The first-order chi connectivity index (χ1) is 9.37. The third-order valence-electron chi connectivity index (χ3n) is 5.57. The average molecular weight is 273 g/mol. The summed E-state index contributed by atoms with van der Waals surface area (Å²) >= 11 is 0. The van der Waals surface area contributed by atoms with Gasteiger partial charge in [-0.15, -0.1) is 0 Å². The summed E-state index contributed by atoms with van der Waals surface area (Å²) in [6, 6.07) is 2.67. The van der Waals surface area contributed by atoms with Crippen LogP contribution in [-0.2, 0) is 6.42 Å². The highest BCUT2D eigenvalue weighted by Gasteiger charge is 2.35. The van der Waals surface area contributed by atoms with E-state index in [-0.39, 0.29) is 5.41 Å². The average Bonchev–Trinajstić information content (AvgIpc) is 2.75. The summed E-state index contributed by atoms with van der Waals surface area (Å²) in [5, 5.41) is 0. The molecule has 3 rings (SSSR count). The molecule has 20 heavy (non-hydrogen) atoms. The van der Waals surface area contributed by atoms with E-state index < -0.39 is 0 Å². The largest absolute Gasteiger partial charge is 0.348 e. The number of hydrogen-bond acceptors (Lipinski definition) is 1. The van der Waals surface area contributed by atoms with Crippen LogP contribution in [0.4, 0.5) is 0 Å². The van der Waals surface area contributed by atoms with Crippen LogP contribution in [0, 0.1) is 17.3 Å². The van der Waals surface area contributed by atoms with Gasteiger partial charge in [-0.2, -0.15) is 0 Å². The van der Waals surface area contributed by atoms with Gasteiger partial charge in [0.1, 0.15) is 0 Å². The standard InChI is InChI=1S/C18H27NO/c1-12-5-6-14(9-13(12)2)19-8-7-15-16(19)10-18(3,4)11-17(15)20/h7-8,12-14H,5-6,9-11H2,1-4H3. The fourth-order valence-electron chi connectivity index (χ4n) is 4.08. The molecule has 2 nitrogen and oxygen atoms in total. The molecule has 1 aromatic heterocycles. The van der Waals surface area contributed by atoms with Gasteiger partial charge in [0.05, 0.1) is 0 Å². The lowest BCUT2D eigenvalue weighted by Gasteiger charge is -2.36. The number of Topliss-reactive ketones (excluding diaryl/α,β-unsaturated/α-hetero) is 1. The second kappa shape index (κ2) is 4.75.